The minimum absolute atomic E-state index is 0.0116. The Kier molecular flexibility index (Phi) is 5.45. The lowest BCUT2D eigenvalue weighted by atomic mass is 10.0. The number of carbonyl (C=O) groups is 1. The number of likely N-dealkylation sites (tertiary alicyclic amines) is 1. The molecule has 9 heteroatoms. The summed E-state index contributed by atoms with van der Waals surface area (Å²) in [6, 6.07) is 7.58. The largest absolute Gasteiger partial charge is 0.325 e. The van der Waals surface area contributed by atoms with Gasteiger partial charge in [0.1, 0.15) is 15.8 Å². The zero-order valence-electron chi connectivity index (χ0n) is 16.0. The van der Waals surface area contributed by atoms with Crippen LogP contribution in [0.3, 0.4) is 0 Å². The topological polar surface area (TPSA) is 99.7 Å². The highest BCUT2D eigenvalue weighted by atomic mass is 32.1. The molecule has 1 aromatic carbocycles. The molecule has 1 aliphatic heterocycles. The van der Waals surface area contributed by atoms with Gasteiger partial charge in [0.25, 0.3) is 0 Å². The molecular formula is C19H23N7OS. The number of hydrogen-bond acceptors (Lipinski definition) is 7. The first kappa shape index (κ1) is 18.7. The van der Waals surface area contributed by atoms with E-state index in [2.05, 4.69) is 35.6 Å². The lowest BCUT2D eigenvalue weighted by Crippen LogP contribution is -2.46. The quantitative estimate of drug-likeness (QED) is 0.687. The molecule has 0 spiro atoms. The number of aryl methyl sites for hydroxylation is 2. The fourth-order valence-electron chi connectivity index (χ4n) is 3.49. The Balaban J connectivity index is 1.47. The van der Waals surface area contributed by atoms with E-state index in [1.165, 1.54) is 0 Å². The molecule has 0 saturated carbocycles. The Hall–Kier alpha value is -2.65. The van der Waals surface area contributed by atoms with Crippen molar-refractivity contribution in [3.05, 3.63) is 40.9 Å². The number of hydrogen-bond donors (Lipinski definition) is 2. The number of amides is 1. The summed E-state index contributed by atoms with van der Waals surface area (Å²) in [6.45, 7) is 5.26. The van der Waals surface area contributed by atoms with Gasteiger partial charge in [0, 0.05) is 11.3 Å². The van der Waals surface area contributed by atoms with Gasteiger partial charge in [-0.05, 0) is 45.4 Å². The number of H-pyrrole nitrogens is 1. The molecule has 3 aromatic rings. The van der Waals surface area contributed by atoms with Gasteiger partial charge >= 0.3 is 0 Å². The molecule has 3 heterocycles. The lowest BCUT2D eigenvalue weighted by molar-refractivity contribution is -0.122. The monoisotopic (exact) mass is 397 g/mol. The van der Waals surface area contributed by atoms with Gasteiger partial charge in [0.05, 0.1) is 12.6 Å². The predicted molar refractivity (Wildman–Crippen MR) is 108 cm³/mol. The highest BCUT2D eigenvalue weighted by Crippen LogP contribution is 2.26. The average molecular weight is 398 g/mol. The van der Waals surface area contributed by atoms with E-state index >= 15 is 0 Å². The Bertz CT molecular complexity index is 967. The normalized spacial score (nSPS) is 17.6. The molecule has 0 aliphatic carbocycles. The van der Waals surface area contributed by atoms with Crippen LogP contribution in [0.1, 0.15) is 35.9 Å². The Morgan fingerprint density at radius 3 is 2.96 bits per heavy atom. The molecule has 2 aromatic heterocycles. The summed E-state index contributed by atoms with van der Waals surface area (Å²) in [6.07, 6.45) is 2.97. The molecule has 8 nitrogen and oxygen atoms in total. The van der Waals surface area contributed by atoms with E-state index in [1.54, 1.807) is 11.3 Å². The van der Waals surface area contributed by atoms with Crippen LogP contribution in [0.4, 0.5) is 5.69 Å². The number of piperidine rings is 1. The first-order valence-corrected chi connectivity index (χ1v) is 10.2. The molecule has 146 valence electrons. The second-order valence-electron chi connectivity index (χ2n) is 7.02. The minimum atomic E-state index is -0.181. The zero-order chi connectivity index (χ0) is 19.5. The number of aromatic nitrogens is 5. The third-order valence-corrected chi connectivity index (χ3v) is 5.70. The van der Waals surface area contributed by atoms with Gasteiger partial charge in [-0.3, -0.25) is 14.8 Å². The molecule has 1 unspecified atom stereocenters. The van der Waals surface area contributed by atoms with Crippen LogP contribution in [0.25, 0.3) is 10.6 Å². The smallest absolute Gasteiger partial charge is 0.241 e. The van der Waals surface area contributed by atoms with E-state index in [0.717, 1.165) is 58.7 Å². The van der Waals surface area contributed by atoms with Crippen molar-refractivity contribution >= 4 is 22.9 Å². The first-order valence-electron chi connectivity index (χ1n) is 9.42. The van der Waals surface area contributed by atoms with E-state index in [0.29, 0.717) is 6.54 Å². The Labute approximate surface area is 167 Å². The number of aromatic amines is 1. The van der Waals surface area contributed by atoms with Crippen molar-refractivity contribution in [3.63, 3.8) is 0 Å². The number of nitrogens with one attached hydrogen (secondary N) is 2. The van der Waals surface area contributed by atoms with Crippen molar-refractivity contribution in [1.29, 1.82) is 0 Å². The maximum atomic E-state index is 13.0. The fourth-order valence-corrected chi connectivity index (χ4v) is 4.18. The number of rotatable bonds is 5. The molecule has 4 rings (SSSR count). The van der Waals surface area contributed by atoms with Crippen LogP contribution in [-0.2, 0) is 11.3 Å². The highest BCUT2D eigenvalue weighted by Gasteiger charge is 2.29. The van der Waals surface area contributed by atoms with Crippen molar-refractivity contribution in [1.82, 2.24) is 30.3 Å². The van der Waals surface area contributed by atoms with Gasteiger partial charge in [0.15, 0.2) is 5.82 Å². The second-order valence-corrected chi connectivity index (χ2v) is 8.20. The summed E-state index contributed by atoms with van der Waals surface area (Å²) in [4.78, 5) is 19.5. The first-order chi connectivity index (χ1) is 13.6. The molecule has 0 radical (unpaired) electrons. The minimum Gasteiger partial charge on any atom is -0.325 e. The van der Waals surface area contributed by atoms with Crippen LogP contribution in [0.2, 0.25) is 0 Å². The van der Waals surface area contributed by atoms with Crippen LogP contribution < -0.4 is 5.32 Å². The summed E-state index contributed by atoms with van der Waals surface area (Å²) in [5, 5.41) is 20.2. The van der Waals surface area contributed by atoms with Gasteiger partial charge in [-0.15, -0.1) is 10.2 Å². The number of nitrogens with zero attached hydrogens (tertiary/aromatic N) is 5. The third-order valence-electron chi connectivity index (χ3n) is 4.81. The summed E-state index contributed by atoms with van der Waals surface area (Å²) in [7, 11) is 0. The Morgan fingerprint density at radius 1 is 1.32 bits per heavy atom. The maximum Gasteiger partial charge on any atom is 0.241 e. The average Bonchev–Trinajstić information content (AvgIpc) is 3.30. The van der Waals surface area contributed by atoms with Crippen molar-refractivity contribution in [3.8, 4) is 10.6 Å². The van der Waals surface area contributed by atoms with E-state index in [-0.39, 0.29) is 11.9 Å². The summed E-state index contributed by atoms with van der Waals surface area (Å²) in [5.74, 6) is 1.53. The van der Waals surface area contributed by atoms with E-state index in [4.69, 9.17) is 0 Å². The predicted octanol–water partition coefficient (Wildman–Crippen LogP) is 2.93. The van der Waals surface area contributed by atoms with E-state index < -0.39 is 0 Å². The summed E-state index contributed by atoms with van der Waals surface area (Å²) in [5.41, 5.74) is 1.73. The molecule has 1 amide bonds. The molecule has 28 heavy (non-hydrogen) atoms. The highest BCUT2D eigenvalue weighted by molar-refractivity contribution is 7.14. The van der Waals surface area contributed by atoms with Crippen LogP contribution in [0.5, 0.6) is 0 Å². The molecule has 1 atom stereocenters. The maximum absolute atomic E-state index is 13.0. The molecule has 1 saturated heterocycles. The van der Waals surface area contributed by atoms with E-state index in [1.807, 2.05) is 38.1 Å². The van der Waals surface area contributed by atoms with Gasteiger partial charge in [0.2, 0.25) is 5.91 Å². The van der Waals surface area contributed by atoms with Crippen molar-refractivity contribution in [2.24, 2.45) is 0 Å². The van der Waals surface area contributed by atoms with Crippen molar-refractivity contribution in [2.45, 2.75) is 45.7 Å². The molecule has 1 aliphatic rings. The summed E-state index contributed by atoms with van der Waals surface area (Å²) < 4.78 is 0. The Morgan fingerprint density at radius 2 is 2.21 bits per heavy atom. The number of benzene rings is 1. The lowest BCUT2D eigenvalue weighted by Gasteiger charge is -2.33. The number of carbonyl (C=O) groups excluding carboxylic acids is 1. The SMILES string of the molecule is Cc1nc(CN2CCCCC2C(=O)Nc2cccc(-c3nnc(C)s3)c2)n[nH]1. The van der Waals surface area contributed by atoms with Crippen molar-refractivity contribution < 1.29 is 4.79 Å². The fraction of sp³-hybridized carbons (Fsp3) is 0.421. The van der Waals surface area contributed by atoms with Gasteiger partial charge in [-0.1, -0.05) is 29.9 Å². The zero-order valence-corrected chi connectivity index (χ0v) is 16.8. The third kappa shape index (κ3) is 4.26. The van der Waals surface area contributed by atoms with Crippen LogP contribution in [-0.4, -0.2) is 48.8 Å². The van der Waals surface area contributed by atoms with Gasteiger partial charge in [-0.2, -0.15) is 5.10 Å². The summed E-state index contributed by atoms with van der Waals surface area (Å²) >= 11 is 1.54. The molecular weight excluding hydrogens is 374 g/mol. The van der Waals surface area contributed by atoms with Crippen LogP contribution in [0.15, 0.2) is 24.3 Å². The molecule has 1 fully saturated rings. The molecule has 0 bridgehead atoms. The van der Waals surface area contributed by atoms with Gasteiger partial charge < -0.3 is 5.32 Å². The second kappa shape index (κ2) is 8.15. The van der Waals surface area contributed by atoms with Crippen LogP contribution >= 0.6 is 11.3 Å². The standard InChI is InChI=1S/C19H23N7OS/c1-12-20-17(24-22-12)11-26-9-4-3-8-16(26)18(27)21-15-7-5-6-14(10-15)19-25-23-13(2)28-19/h5-7,10,16H,3-4,8-9,11H2,1-2H3,(H,21,27)(H,20,22,24). The van der Waals surface area contributed by atoms with E-state index in [9.17, 15) is 4.79 Å². The van der Waals surface area contributed by atoms with Crippen molar-refractivity contribution in [2.75, 3.05) is 11.9 Å². The van der Waals surface area contributed by atoms with Gasteiger partial charge in [-0.25, -0.2) is 4.98 Å². The van der Waals surface area contributed by atoms with Crippen LogP contribution in [0, 0.1) is 13.8 Å². The number of anilines is 1. The molecule has 2 N–H and O–H groups in total.